The lowest BCUT2D eigenvalue weighted by Gasteiger charge is -2.06. The lowest BCUT2D eigenvalue weighted by molar-refractivity contribution is 0.543. The topological polar surface area (TPSA) is 29.9 Å². The van der Waals surface area contributed by atoms with Crippen molar-refractivity contribution in [1.29, 1.82) is 0 Å². The van der Waals surface area contributed by atoms with Gasteiger partial charge in [0.2, 0.25) is 0 Å². The number of thiophene rings is 1. The van der Waals surface area contributed by atoms with Crippen molar-refractivity contribution >= 4 is 11.3 Å². The third kappa shape index (κ3) is 3.00. The van der Waals surface area contributed by atoms with Crippen LogP contribution in [0.3, 0.4) is 0 Å². The molecule has 0 saturated carbocycles. The first-order chi connectivity index (χ1) is 8.72. The summed E-state index contributed by atoms with van der Waals surface area (Å²) in [5.41, 5.74) is 3.88. The van der Waals surface area contributed by atoms with E-state index in [0.717, 1.165) is 26.1 Å². The molecule has 4 heteroatoms. The van der Waals surface area contributed by atoms with Gasteiger partial charge in [-0.3, -0.25) is 4.68 Å². The lowest BCUT2D eigenvalue weighted by Crippen LogP contribution is -2.20. The summed E-state index contributed by atoms with van der Waals surface area (Å²) in [5, 5.41) is 10.2. The summed E-state index contributed by atoms with van der Waals surface area (Å²) in [6.45, 7) is 9.31. The van der Waals surface area contributed by atoms with Gasteiger partial charge in [0.15, 0.2) is 0 Å². The SMILES string of the molecule is CCc1c(C)nn(CCNCc2cccs2)c1C. The highest BCUT2D eigenvalue weighted by Gasteiger charge is 2.08. The van der Waals surface area contributed by atoms with E-state index in [4.69, 9.17) is 0 Å². The van der Waals surface area contributed by atoms with Crippen LogP contribution in [0.2, 0.25) is 0 Å². The van der Waals surface area contributed by atoms with E-state index < -0.39 is 0 Å². The molecule has 2 heterocycles. The Labute approximate surface area is 113 Å². The molecule has 0 atom stereocenters. The molecule has 0 aromatic carbocycles. The molecule has 2 aromatic rings. The van der Waals surface area contributed by atoms with Gasteiger partial charge >= 0.3 is 0 Å². The molecule has 1 N–H and O–H groups in total. The van der Waals surface area contributed by atoms with Crippen LogP contribution >= 0.6 is 11.3 Å². The van der Waals surface area contributed by atoms with Crippen LogP contribution in [-0.4, -0.2) is 16.3 Å². The Morgan fingerprint density at radius 1 is 1.39 bits per heavy atom. The zero-order chi connectivity index (χ0) is 13.0. The fourth-order valence-electron chi connectivity index (χ4n) is 2.27. The first-order valence-electron chi connectivity index (χ1n) is 6.48. The minimum absolute atomic E-state index is 0.943. The second-order valence-corrected chi connectivity index (χ2v) is 5.51. The summed E-state index contributed by atoms with van der Waals surface area (Å²) >= 11 is 1.80. The molecule has 2 aromatic heterocycles. The number of hydrogen-bond acceptors (Lipinski definition) is 3. The molecule has 0 saturated heterocycles. The zero-order valence-corrected chi connectivity index (χ0v) is 12.2. The Balaban J connectivity index is 1.83. The summed E-state index contributed by atoms with van der Waals surface area (Å²) in [5.74, 6) is 0. The summed E-state index contributed by atoms with van der Waals surface area (Å²) in [6, 6.07) is 4.26. The van der Waals surface area contributed by atoms with Crippen molar-refractivity contribution in [2.75, 3.05) is 6.54 Å². The standard InChI is InChI=1S/C14H21N3S/c1-4-14-11(2)16-17(12(14)3)8-7-15-10-13-6-5-9-18-13/h5-6,9,15H,4,7-8,10H2,1-3H3. The molecule has 3 nitrogen and oxygen atoms in total. The molecule has 0 bridgehead atoms. The first kappa shape index (κ1) is 13.3. The van der Waals surface area contributed by atoms with Crippen LogP contribution in [0, 0.1) is 13.8 Å². The number of aryl methyl sites for hydroxylation is 1. The molecule has 98 valence electrons. The average molecular weight is 263 g/mol. The van der Waals surface area contributed by atoms with Crippen molar-refractivity contribution in [3.63, 3.8) is 0 Å². The molecule has 0 aliphatic heterocycles. The van der Waals surface area contributed by atoms with E-state index in [1.54, 1.807) is 11.3 Å². The summed E-state index contributed by atoms with van der Waals surface area (Å²) in [6.07, 6.45) is 1.07. The van der Waals surface area contributed by atoms with Gasteiger partial charge in [-0.15, -0.1) is 11.3 Å². The van der Waals surface area contributed by atoms with Crippen LogP contribution < -0.4 is 5.32 Å². The molecule has 0 fully saturated rings. The predicted molar refractivity (Wildman–Crippen MR) is 77.1 cm³/mol. The van der Waals surface area contributed by atoms with Crippen molar-refractivity contribution < 1.29 is 0 Å². The highest BCUT2D eigenvalue weighted by atomic mass is 32.1. The molecule has 0 radical (unpaired) electrons. The van der Waals surface area contributed by atoms with E-state index in [1.807, 2.05) is 0 Å². The molecule has 0 aliphatic rings. The fraction of sp³-hybridized carbons (Fsp3) is 0.500. The summed E-state index contributed by atoms with van der Waals surface area (Å²) < 4.78 is 2.12. The molecular weight excluding hydrogens is 242 g/mol. The molecular formula is C14H21N3S. The van der Waals surface area contributed by atoms with Gasteiger partial charge in [-0.05, 0) is 37.3 Å². The number of hydrogen-bond donors (Lipinski definition) is 1. The quantitative estimate of drug-likeness (QED) is 0.812. The third-order valence-electron chi connectivity index (χ3n) is 3.26. The predicted octanol–water partition coefficient (Wildman–Crippen LogP) is 2.91. The molecule has 0 aliphatic carbocycles. The minimum atomic E-state index is 0.943. The van der Waals surface area contributed by atoms with Gasteiger partial charge in [0.1, 0.15) is 0 Å². The zero-order valence-electron chi connectivity index (χ0n) is 11.4. The molecule has 0 unspecified atom stereocenters. The largest absolute Gasteiger partial charge is 0.310 e. The number of nitrogens with one attached hydrogen (secondary N) is 1. The molecule has 0 spiro atoms. The van der Waals surface area contributed by atoms with Crippen LogP contribution in [0.5, 0.6) is 0 Å². The fourth-order valence-corrected chi connectivity index (χ4v) is 2.95. The lowest BCUT2D eigenvalue weighted by atomic mass is 10.1. The third-order valence-corrected chi connectivity index (χ3v) is 4.14. The number of rotatable bonds is 6. The van der Waals surface area contributed by atoms with Gasteiger partial charge in [0, 0.05) is 23.7 Å². The normalized spacial score (nSPS) is 11.1. The minimum Gasteiger partial charge on any atom is -0.310 e. The maximum absolute atomic E-state index is 4.59. The molecule has 2 rings (SSSR count). The van der Waals surface area contributed by atoms with Crippen molar-refractivity contribution in [2.45, 2.75) is 40.3 Å². The smallest absolute Gasteiger partial charge is 0.0628 e. The number of aromatic nitrogens is 2. The van der Waals surface area contributed by atoms with Crippen molar-refractivity contribution in [3.05, 3.63) is 39.3 Å². The highest BCUT2D eigenvalue weighted by molar-refractivity contribution is 7.09. The second-order valence-electron chi connectivity index (χ2n) is 4.48. The van der Waals surface area contributed by atoms with Crippen LogP contribution in [0.1, 0.15) is 28.8 Å². The van der Waals surface area contributed by atoms with Gasteiger partial charge in [0.05, 0.1) is 12.2 Å². The second kappa shape index (κ2) is 6.16. The summed E-state index contributed by atoms with van der Waals surface area (Å²) in [7, 11) is 0. The van der Waals surface area contributed by atoms with E-state index >= 15 is 0 Å². The maximum Gasteiger partial charge on any atom is 0.0628 e. The van der Waals surface area contributed by atoms with Crippen LogP contribution in [-0.2, 0) is 19.5 Å². The van der Waals surface area contributed by atoms with Crippen LogP contribution in [0.25, 0.3) is 0 Å². The van der Waals surface area contributed by atoms with Gasteiger partial charge < -0.3 is 5.32 Å². The average Bonchev–Trinajstić information content (AvgIpc) is 2.94. The van der Waals surface area contributed by atoms with Gasteiger partial charge in [-0.1, -0.05) is 13.0 Å². The Kier molecular flexibility index (Phi) is 4.55. The van der Waals surface area contributed by atoms with E-state index in [9.17, 15) is 0 Å². The highest BCUT2D eigenvalue weighted by Crippen LogP contribution is 2.13. The van der Waals surface area contributed by atoms with Gasteiger partial charge in [-0.25, -0.2) is 0 Å². The number of nitrogens with zero attached hydrogens (tertiary/aromatic N) is 2. The van der Waals surface area contributed by atoms with Crippen LogP contribution in [0.15, 0.2) is 17.5 Å². The van der Waals surface area contributed by atoms with Crippen molar-refractivity contribution in [1.82, 2.24) is 15.1 Å². The monoisotopic (exact) mass is 263 g/mol. The van der Waals surface area contributed by atoms with Gasteiger partial charge in [0.25, 0.3) is 0 Å². The Morgan fingerprint density at radius 3 is 2.83 bits per heavy atom. The van der Waals surface area contributed by atoms with E-state index in [-0.39, 0.29) is 0 Å². The van der Waals surface area contributed by atoms with Gasteiger partial charge in [-0.2, -0.15) is 5.10 Å². The van der Waals surface area contributed by atoms with Crippen molar-refractivity contribution in [2.24, 2.45) is 0 Å². The van der Waals surface area contributed by atoms with E-state index in [0.29, 0.717) is 0 Å². The summed E-state index contributed by atoms with van der Waals surface area (Å²) in [4.78, 5) is 1.39. The van der Waals surface area contributed by atoms with E-state index in [1.165, 1.54) is 21.8 Å². The first-order valence-corrected chi connectivity index (χ1v) is 7.36. The maximum atomic E-state index is 4.59. The molecule has 0 amide bonds. The molecule has 18 heavy (non-hydrogen) atoms. The van der Waals surface area contributed by atoms with Crippen LogP contribution in [0.4, 0.5) is 0 Å². The van der Waals surface area contributed by atoms with E-state index in [2.05, 4.69) is 53.4 Å². The van der Waals surface area contributed by atoms with Crippen molar-refractivity contribution in [3.8, 4) is 0 Å². The Morgan fingerprint density at radius 2 is 2.22 bits per heavy atom. The Hall–Kier alpha value is -1.13. The Bertz CT molecular complexity index is 485.